The van der Waals surface area contributed by atoms with Gasteiger partial charge in [-0.15, -0.1) is 0 Å². The van der Waals surface area contributed by atoms with Gasteiger partial charge in [-0.3, -0.25) is 0 Å². The van der Waals surface area contributed by atoms with Crippen LogP contribution in [0.3, 0.4) is 0 Å². The van der Waals surface area contributed by atoms with Crippen LogP contribution in [0.25, 0.3) is 120 Å². The monoisotopic (exact) mass is 686 g/mol. The molecule has 250 valence electrons. The highest BCUT2D eigenvalue weighted by molar-refractivity contribution is 6.31. The average Bonchev–Trinajstić information content (AvgIpc) is 3.81. The Hall–Kier alpha value is -7.16. The Bertz CT molecular complexity index is 3430. The standard InChI is InChI=1S/C52H30O2/c1-2-12-31(13-3-1)34-26-27-41(36-15-5-4-14-35(34)36)50-39-18-8-6-16-37(39)48(38-17-7-9-19-40(38)50)33-22-25-43-47(30-33)54-46-29-24-32-23-28-45-51(49(32)52(43)46)42-20-10-11-21-44(42)53-45/h1-30H. The van der Waals surface area contributed by atoms with Crippen molar-refractivity contribution in [3.05, 3.63) is 182 Å². The number of rotatable bonds is 3. The van der Waals surface area contributed by atoms with Crippen molar-refractivity contribution in [3.63, 3.8) is 0 Å². The summed E-state index contributed by atoms with van der Waals surface area (Å²) in [5, 5.41) is 14.2. The molecule has 2 nitrogen and oxygen atoms in total. The normalized spacial score (nSPS) is 12.1. The highest BCUT2D eigenvalue weighted by atomic mass is 16.3. The molecule has 0 saturated carbocycles. The van der Waals surface area contributed by atoms with E-state index < -0.39 is 0 Å². The van der Waals surface area contributed by atoms with Gasteiger partial charge in [0, 0.05) is 26.9 Å². The Morgan fingerprint density at radius 3 is 1.43 bits per heavy atom. The summed E-state index contributed by atoms with van der Waals surface area (Å²) >= 11 is 0. The summed E-state index contributed by atoms with van der Waals surface area (Å²) in [5.74, 6) is 0. The minimum absolute atomic E-state index is 0.875. The van der Waals surface area contributed by atoms with Gasteiger partial charge in [0.25, 0.3) is 0 Å². The Kier molecular flexibility index (Phi) is 6.09. The summed E-state index contributed by atoms with van der Waals surface area (Å²) < 4.78 is 13.1. The number of hydrogen-bond donors (Lipinski definition) is 0. The first-order valence-electron chi connectivity index (χ1n) is 18.5. The summed E-state index contributed by atoms with van der Waals surface area (Å²) in [6, 6.07) is 65.5. The third kappa shape index (κ3) is 4.11. The zero-order valence-corrected chi connectivity index (χ0v) is 29.1. The lowest BCUT2D eigenvalue weighted by Gasteiger charge is -2.19. The van der Waals surface area contributed by atoms with Crippen molar-refractivity contribution in [1.29, 1.82) is 0 Å². The van der Waals surface area contributed by atoms with Gasteiger partial charge in [-0.2, -0.15) is 0 Å². The number of hydrogen-bond acceptors (Lipinski definition) is 2. The van der Waals surface area contributed by atoms with Gasteiger partial charge in [0.15, 0.2) is 0 Å². The van der Waals surface area contributed by atoms with E-state index >= 15 is 0 Å². The molecule has 2 aromatic heterocycles. The van der Waals surface area contributed by atoms with Gasteiger partial charge < -0.3 is 8.83 Å². The van der Waals surface area contributed by atoms with Crippen LogP contribution in [0.4, 0.5) is 0 Å². The number of fused-ring (bicyclic) bond motifs is 12. The lowest BCUT2D eigenvalue weighted by Crippen LogP contribution is -1.92. The van der Waals surface area contributed by atoms with E-state index in [2.05, 4.69) is 170 Å². The van der Waals surface area contributed by atoms with Crippen molar-refractivity contribution < 1.29 is 8.83 Å². The number of furan rings is 2. The molecule has 10 aromatic carbocycles. The van der Waals surface area contributed by atoms with Gasteiger partial charge in [-0.05, 0) is 101 Å². The molecule has 54 heavy (non-hydrogen) atoms. The van der Waals surface area contributed by atoms with Crippen molar-refractivity contribution in [2.24, 2.45) is 0 Å². The summed E-state index contributed by atoms with van der Waals surface area (Å²) in [6.07, 6.45) is 0. The Morgan fingerprint density at radius 1 is 0.259 bits per heavy atom. The fraction of sp³-hybridized carbons (Fsp3) is 0. The first-order chi connectivity index (χ1) is 26.8. The van der Waals surface area contributed by atoms with E-state index in [1.54, 1.807) is 0 Å². The molecule has 0 radical (unpaired) electrons. The van der Waals surface area contributed by atoms with Crippen LogP contribution >= 0.6 is 0 Å². The van der Waals surface area contributed by atoms with Crippen molar-refractivity contribution >= 4 is 87.0 Å². The maximum Gasteiger partial charge on any atom is 0.136 e. The van der Waals surface area contributed by atoms with Crippen molar-refractivity contribution in [3.8, 4) is 33.4 Å². The molecule has 12 rings (SSSR count). The lowest BCUT2D eigenvalue weighted by atomic mass is 9.83. The van der Waals surface area contributed by atoms with E-state index in [-0.39, 0.29) is 0 Å². The minimum atomic E-state index is 0.875. The molecule has 2 heterocycles. The molecular formula is C52H30O2. The van der Waals surface area contributed by atoms with Crippen molar-refractivity contribution in [2.75, 3.05) is 0 Å². The zero-order chi connectivity index (χ0) is 35.3. The third-order valence-corrected chi connectivity index (χ3v) is 11.5. The maximum absolute atomic E-state index is 6.74. The van der Waals surface area contributed by atoms with Crippen LogP contribution in [0.15, 0.2) is 191 Å². The first-order valence-corrected chi connectivity index (χ1v) is 18.5. The average molecular weight is 687 g/mol. The van der Waals surface area contributed by atoms with Crippen molar-refractivity contribution in [2.45, 2.75) is 0 Å². The number of para-hydroxylation sites is 1. The Balaban J connectivity index is 1.13. The Morgan fingerprint density at radius 2 is 0.759 bits per heavy atom. The topological polar surface area (TPSA) is 26.3 Å². The Labute approximate surface area is 310 Å². The van der Waals surface area contributed by atoms with E-state index in [4.69, 9.17) is 8.83 Å². The second-order valence-electron chi connectivity index (χ2n) is 14.3. The molecular weight excluding hydrogens is 657 g/mol. The van der Waals surface area contributed by atoms with E-state index in [0.717, 1.165) is 49.4 Å². The molecule has 0 aliphatic heterocycles. The second-order valence-corrected chi connectivity index (χ2v) is 14.3. The molecule has 0 N–H and O–H groups in total. The fourth-order valence-corrected chi connectivity index (χ4v) is 9.17. The minimum Gasteiger partial charge on any atom is -0.456 e. The SMILES string of the molecule is c1ccc(-c2ccc(-c3c4ccccc4c(-c4ccc5c(c4)oc4ccc6ccc7oc8ccccc8c7c6c45)c4ccccc34)c3ccccc23)cc1. The van der Waals surface area contributed by atoms with Crippen LogP contribution in [-0.2, 0) is 0 Å². The van der Waals surface area contributed by atoms with E-state index in [1.165, 1.54) is 70.9 Å². The second kappa shape index (κ2) is 11.2. The van der Waals surface area contributed by atoms with Crippen molar-refractivity contribution in [1.82, 2.24) is 0 Å². The largest absolute Gasteiger partial charge is 0.456 e. The highest BCUT2D eigenvalue weighted by Gasteiger charge is 2.21. The molecule has 0 bridgehead atoms. The predicted molar refractivity (Wildman–Crippen MR) is 227 cm³/mol. The predicted octanol–water partition coefficient (Wildman–Crippen LogP) is 15.1. The molecule has 0 unspecified atom stereocenters. The summed E-state index contributed by atoms with van der Waals surface area (Å²) in [6.45, 7) is 0. The van der Waals surface area contributed by atoms with Gasteiger partial charge in [0.05, 0.1) is 0 Å². The smallest absolute Gasteiger partial charge is 0.136 e. The number of benzene rings is 10. The van der Waals surface area contributed by atoms with Gasteiger partial charge in [-0.1, -0.05) is 152 Å². The fourth-order valence-electron chi connectivity index (χ4n) is 9.17. The van der Waals surface area contributed by atoms with Gasteiger partial charge in [0.1, 0.15) is 22.3 Å². The van der Waals surface area contributed by atoms with Crippen LogP contribution in [0.2, 0.25) is 0 Å². The third-order valence-electron chi connectivity index (χ3n) is 11.5. The van der Waals surface area contributed by atoms with E-state index in [0.29, 0.717) is 0 Å². The van der Waals surface area contributed by atoms with Crippen LogP contribution in [-0.4, -0.2) is 0 Å². The van der Waals surface area contributed by atoms with E-state index in [1.807, 2.05) is 12.1 Å². The molecule has 0 atom stereocenters. The molecule has 0 fully saturated rings. The highest BCUT2D eigenvalue weighted by Crippen LogP contribution is 2.48. The van der Waals surface area contributed by atoms with Crippen LogP contribution in [0.5, 0.6) is 0 Å². The molecule has 0 saturated heterocycles. The molecule has 0 aliphatic rings. The molecule has 2 heteroatoms. The zero-order valence-electron chi connectivity index (χ0n) is 29.1. The molecule has 0 spiro atoms. The molecule has 0 aliphatic carbocycles. The summed E-state index contributed by atoms with van der Waals surface area (Å²) in [5.41, 5.74) is 10.9. The van der Waals surface area contributed by atoms with E-state index in [9.17, 15) is 0 Å². The quantitative estimate of drug-likeness (QED) is 0.173. The first kappa shape index (κ1) is 29.4. The summed E-state index contributed by atoms with van der Waals surface area (Å²) in [4.78, 5) is 0. The van der Waals surface area contributed by atoms with Crippen LogP contribution in [0.1, 0.15) is 0 Å². The maximum atomic E-state index is 6.74. The van der Waals surface area contributed by atoms with Gasteiger partial charge in [0.2, 0.25) is 0 Å². The lowest BCUT2D eigenvalue weighted by molar-refractivity contribution is 0.669. The van der Waals surface area contributed by atoms with Crippen LogP contribution < -0.4 is 0 Å². The van der Waals surface area contributed by atoms with Gasteiger partial charge in [-0.25, -0.2) is 0 Å². The molecule has 12 aromatic rings. The summed E-state index contributed by atoms with van der Waals surface area (Å²) in [7, 11) is 0. The van der Waals surface area contributed by atoms with Crippen LogP contribution in [0, 0.1) is 0 Å². The molecule has 0 amide bonds. The van der Waals surface area contributed by atoms with Gasteiger partial charge >= 0.3 is 0 Å².